The number of rotatable bonds is 4. The number of hydrogen-bond acceptors (Lipinski definition) is 4. The summed E-state index contributed by atoms with van der Waals surface area (Å²) in [4.78, 5) is 9.02. The third kappa shape index (κ3) is 3.67. The molecule has 1 saturated heterocycles. The van der Waals surface area contributed by atoms with Crippen LogP contribution in [0.25, 0.3) is 0 Å². The van der Waals surface area contributed by atoms with Crippen molar-refractivity contribution in [1.82, 2.24) is 9.88 Å². The molecule has 1 aliphatic heterocycles. The first-order chi connectivity index (χ1) is 9.08. The second-order valence-electron chi connectivity index (χ2n) is 5.72. The number of hydrogen-bond donors (Lipinski definition) is 1. The van der Waals surface area contributed by atoms with Gasteiger partial charge >= 0.3 is 0 Å². The van der Waals surface area contributed by atoms with Crippen molar-refractivity contribution in [3.8, 4) is 0 Å². The van der Waals surface area contributed by atoms with Crippen LogP contribution < -0.4 is 4.90 Å². The Hall–Kier alpha value is -1.13. The Kier molecular flexibility index (Phi) is 4.77. The Bertz CT molecular complexity index is 400. The van der Waals surface area contributed by atoms with Gasteiger partial charge < -0.3 is 14.9 Å². The first-order valence-corrected chi connectivity index (χ1v) is 7.10. The normalized spacial score (nSPS) is 19.4. The van der Waals surface area contributed by atoms with Gasteiger partial charge in [0.15, 0.2) is 0 Å². The molecule has 0 aromatic carbocycles. The van der Waals surface area contributed by atoms with Crippen LogP contribution in [0.3, 0.4) is 0 Å². The van der Waals surface area contributed by atoms with E-state index in [0.717, 1.165) is 23.8 Å². The summed E-state index contributed by atoms with van der Waals surface area (Å²) >= 11 is 0. The van der Waals surface area contributed by atoms with E-state index in [0.29, 0.717) is 0 Å². The van der Waals surface area contributed by atoms with E-state index in [1.165, 1.54) is 25.9 Å². The molecule has 0 radical (unpaired) electrons. The van der Waals surface area contributed by atoms with Crippen LogP contribution in [0.2, 0.25) is 0 Å². The van der Waals surface area contributed by atoms with E-state index in [1.807, 2.05) is 12.1 Å². The second kappa shape index (κ2) is 6.35. The number of aliphatic hydroxyl groups is 1. The van der Waals surface area contributed by atoms with E-state index >= 15 is 0 Å². The van der Waals surface area contributed by atoms with Gasteiger partial charge in [0.05, 0.1) is 6.10 Å². The highest BCUT2D eigenvalue weighted by Crippen LogP contribution is 2.25. The van der Waals surface area contributed by atoms with E-state index in [2.05, 4.69) is 28.9 Å². The van der Waals surface area contributed by atoms with Gasteiger partial charge in [0.25, 0.3) is 0 Å². The monoisotopic (exact) mass is 263 g/mol. The summed E-state index contributed by atoms with van der Waals surface area (Å²) < 4.78 is 0. The SMILES string of the molecule is C[C@@H](O)c1cccnc1N(C)CC1CCN(C)CC1. The largest absolute Gasteiger partial charge is 0.389 e. The summed E-state index contributed by atoms with van der Waals surface area (Å²) in [6.45, 7) is 5.18. The van der Waals surface area contributed by atoms with Gasteiger partial charge in [-0.25, -0.2) is 4.98 Å². The van der Waals surface area contributed by atoms with E-state index in [4.69, 9.17) is 0 Å². The number of piperidine rings is 1. The first-order valence-electron chi connectivity index (χ1n) is 7.10. The van der Waals surface area contributed by atoms with Crippen molar-refractivity contribution in [2.75, 3.05) is 38.6 Å². The Morgan fingerprint density at radius 1 is 1.47 bits per heavy atom. The molecule has 106 valence electrons. The predicted molar refractivity (Wildman–Crippen MR) is 78.4 cm³/mol. The van der Waals surface area contributed by atoms with Crippen LogP contribution in [-0.2, 0) is 0 Å². The van der Waals surface area contributed by atoms with E-state index in [-0.39, 0.29) is 0 Å². The molecule has 1 aromatic rings. The molecule has 19 heavy (non-hydrogen) atoms. The molecule has 1 N–H and O–H groups in total. The highest BCUT2D eigenvalue weighted by molar-refractivity contribution is 5.47. The minimum atomic E-state index is -0.469. The molecule has 0 unspecified atom stereocenters. The molecule has 2 heterocycles. The third-order valence-corrected chi connectivity index (χ3v) is 4.00. The number of pyridine rings is 1. The minimum absolute atomic E-state index is 0.469. The number of aromatic nitrogens is 1. The molecule has 2 rings (SSSR count). The smallest absolute Gasteiger partial charge is 0.134 e. The average molecular weight is 263 g/mol. The summed E-state index contributed by atoms with van der Waals surface area (Å²) in [5, 5.41) is 9.82. The van der Waals surface area contributed by atoms with Gasteiger partial charge in [0.1, 0.15) is 5.82 Å². The molecule has 0 aliphatic carbocycles. The van der Waals surface area contributed by atoms with Crippen molar-refractivity contribution in [2.45, 2.75) is 25.9 Å². The maximum atomic E-state index is 9.82. The zero-order valence-electron chi connectivity index (χ0n) is 12.2. The van der Waals surface area contributed by atoms with E-state index < -0.39 is 6.10 Å². The Balaban J connectivity index is 2.01. The molecule has 0 saturated carbocycles. The van der Waals surface area contributed by atoms with E-state index in [1.54, 1.807) is 13.1 Å². The van der Waals surface area contributed by atoms with Gasteiger partial charge in [0, 0.05) is 25.4 Å². The lowest BCUT2D eigenvalue weighted by molar-refractivity contribution is 0.198. The Labute approximate surface area is 116 Å². The standard InChI is InChI=1S/C15H25N3O/c1-12(19)14-5-4-8-16-15(14)18(3)11-13-6-9-17(2)10-7-13/h4-5,8,12-13,19H,6-7,9-11H2,1-3H3/t12-/m1/s1. The topological polar surface area (TPSA) is 39.6 Å². The van der Waals surface area contributed by atoms with Crippen molar-refractivity contribution < 1.29 is 5.11 Å². The van der Waals surface area contributed by atoms with Gasteiger partial charge in [-0.05, 0) is 51.9 Å². The fourth-order valence-electron chi connectivity index (χ4n) is 2.77. The van der Waals surface area contributed by atoms with E-state index in [9.17, 15) is 5.11 Å². The fraction of sp³-hybridized carbons (Fsp3) is 0.667. The molecular weight excluding hydrogens is 238 g/mol. The highest BCUT2D eigenvalue weighted by Gasteiger charge is 2.20. The van der Waals surface area contributed by atoms with Gasteiger partial charge in [-0.15, -0.1) is 0 Å². The molecule has 1 atom stereocenters. The number of anilines is 1. The van der Waals surface area contributed by atoms with Crippen LogP contribution in [0.4, 0.5) is 5.82 Å². The maximum absolute atomic E-state index is 9.82. The zero-order chi connectivity index (χ0) is 13.8. The number of likely N-dealkylation sites (tertiary alicyclic amines) is 1. The van der Waals surface area contributed by atoms with Crippen LogP contribution in [0, 0.1) is 5.92 Å². The van der Waals surface area contributed by atoms with Crippen molar-refractivity contribution in [2.24, 2.45) is 5.92 Å². The van der Waals surface area contributed by atoms with Gasteiger partial charge in [-0.1, -0.05) is 6.07 Å². The number of nitrogens with zero attached hydrogens (tertiary/aromatic N) is 3. The fourth-order valence-corrected chi connectivity index (χ4v) is 2.77. The molecule has 4 nitrogen and oxygen atoms in total. The Morgan fingerprint density at radius 2 is 2.16 bits per heavy atom. The maximum Gasteiger partial charge on any atom is 0.134 e. The molecule has 1 aromatic heterocycles. The lowest BCUT2D eigenvalue weighted by Crippen LogP contribution is -2.36. The predicted octanol–water partition coefficient (Wildman–Crippen LogP) is 1.91. The van der Waals surface area contributed by atoms with Crippen LogP contribution in [-0.4, -0.2) is 48.7 Å². The molecule has 0 spiro atoms. The number of aliphatic hydroxyl groups excluding tert-OH is 1. The molecule has 4 heteroatoms. The summed E-state index contributed by atoms with van der Waals surface area (Å²) in [6.07, 6.45) is 3.82. The van der Waals surface area contributed by atoms with Crippen molar-refractivity contribution in [3.05, 3.63) is 23.9 Å². The molecule has 0 amide bonds. The summed E-state index contributed by atoms with van der Waals surface area (Å²) in [6, 6.07) is 3.84. The van der Waals surface area contributed by atoms with Gasteiger partial charge in [-0.3, -0.25) is 0 Å². The van der Waals surface area contributed by atoms with Gasteiger partial charge in [0.2, 0.25) is 0 Å². The third-order valence-electron chi connectivity index (χ3n) is 4.00. The van der Waals surface area contributed by atoms with Crippen LogP contribution in [0.5, 0.6) is 0 Å². The van der Waals surface area contributed by atoms with Crippen LogP contribution >= 0.6 is 0 Å². The average Bonchev–Trinajstić information content (AvgIpc) is 2.41. The first kappa shape index (κ1) is 14.3. The summed E-state index contributed by atoms with van der Waals surface area (Å²) in [7, 11) is 4.26. The van der Waals surface area contributed by atoms with Gasteiger partial charge in [-0.2, -0.15) is 0 Å². The van der Waals surface area contributed by atoms with Crippen molar-refractivity contribution >= 4 is 5.82 Å². The zero-order valence-corrected chi connectivity index (χ0v) is 12.2. The molecule has 0 bridgehead atoms. The molecule has 1 fully saturated rings. The second-order valence-corrected chi connectivity index (χ2v) is 5.72. The van der Waals surface area contributed by atoms with Crippen LogP contribution in [0.1, 0.15) is 31.4 Å². The molecular formula is C15H25N3O. The lowest BCUT2D eigenvalue weighted by Gasteiger charge is -2.32. The lowest BCUT2D eigenvalue weighted by atomic mass is 9.96. The quantitative estimate of drug-likeness (QED) is 0.901. The Morgan fingerprint density at radius 3 is 2.79 bits per heavy atom. The minimum Gasteiger partial charge on any atom is -0.389 e. The van der Waals surface area contributed by atoms with Crippen molar-refractivity contribution in [3.63, 3.8) is 0 Å². The van der Waals surface area contributed by atoms with Crippen LogP contribution in [0.15, 0.2) is 18.3 Å². The highest BCUT2D eigenvalue weighted by atomic mass is 16.3. The molecule has 1 aliphatic rings. The summed E-state index contributed by atoms with van der Waals surface area (Å²) in [5.41, 5.74) is 0.915. The van der Waals surface area contributed by atoms with Crippen molar-refractivity contribution in [1.29, 1.82) is 0 Å². The summed E-state index contributed by atoms with van der Waals surface area (Å²) in [5.74, 6) is 1.64.